The fraction of sp³-hybridized carbons (Fsp3) is 0.381. The largest absolute Gasteiger partial charge is 0.383 e. The van der Waals surface area contributed by atoms with Gasteiger partial charge in [-0.05, 0) is 38.0 Å². The van der Waals surface area contributed by atoms with Crippen LogP contribution in [-0.2, 0) is 19.1 Å². The van der Waals surface area contributed by atoms with Crippen molar-refractivity contribution in [2.45, 2.75) is 25.9 Å². The zero-order valence-corrected chi connectivity index (χ0v) is 17.2. The molecule has 8 heteroatoms. The molecule has 8 nitrogen and oxygen atoms in total. The molecule has 2 heterocycles. The minimum Gasteiger partial charge on any atom is -0.383 e. The summed E-state index contributed by atoms with van der Waals surface area (Å²) in [5.74, 6) is 0.673. The number of aliphatic hydroxyl groups is 1. The fourth-order valence-corrected chi connectivity index (χ4v) is 2.90. The van der Waals surface area contributed by atoms with Crippen LogP contribution in [0.5, 0.6) is 0 Å². The Hall–Kier alpha value is -3.13. The Morgan fingerprint density at radius 3 is 2.62 bits per heavy atom. The molecule has 0 radical (unpaired) electrons. The molecule has 0 bridgehead atoms. The zero-order valence-electron chi connectivity index (χ0n) is 17.2. The van der Waals surface area contributed by atoms with E-state index in [4.69, 9.17) is 0 Å². The van der Waals surface area contributed by atoms with Crippen LogP contribution in [0.2, 0.25) is 0 Å². The van der Waals surface area contributed by atoms with Crippen LogP contribution in [-0.4, -0.2) is 50.3 Å². The van der Waals surface area contributed by atoms with E-state index in [2.05, 4.69) is 25.8 Å². The monoisotopic (exact) mass is 395 g/mol. The lowest BCUT2D eigenvalue weighted by Gasteiger charge is -2.20. The summed E-state index contributed by atoms with van der Waals surface area (Å²) >= 11 is 0. The second-order valence-corrected chi connectivity index (χ2v) is 7.18. The van der Waals surface area contributed by atoms with Crippen molar-refractivity contribution < 1.29 is 5.11 Å². The van der Waals surface area contributed by atoms with Gasteiger partial charge in [-0.1, -0.05) is 18.2 Å². The van der Waals surface area contributed by atoms with Crippen molar-refractivity contribution in [2.24, 2.45) is 12.0 Å². The Balaban J connectivity index is 1.55. The second-order valence-electron chi connectivity index (χ2n) is 7.18. The lowest BCUT2D eigenvalue weighted by molar-refractivity contribution is 0.0672. The van der Waals surface area contributed by atoms with E-state index in [1.165, 1.54) is 0 Å². The Morgan fingerprint density at radius 2 is 1.93 bits per heavy atom. The van der Waals surface area contributed by atoms with E-state index in [0.717, 1.165) is 29.8 Å². The maximum atomic E-state index is 10.7. The maximum Gasteiger partial charge on any atom is 0.191 e. The van der Waals surface area contributed by atoms with Crippen molar-refractivity contribution in [3.8, 4) is 5.69 Å². The highest BCUT2D eigenvalue weighted by molar-refractivity contribution is 5.79. The first kappa shape index (κ1) is 20.6. The first-order chi connectivity index (χ1) is 14.0. The van der Waals surface area contributed by atoms with E-state index in [1.54, 1.807) is 24.0 Å². The lowest BCUT2D eigenvalue weighted by Crippen LogP contribution is -2.39. The van der Waals surface area contributed by atoms with Gasteiger partial charge >= 0.3 is 0 Å². The summed E-state index contributed by atoms with van der Waals surface area (Å²) in [4.78, 5) is 4.54. The Bertz CT molecular complexity index is 927. The Morgan fingerprint density at radius 1 is 1.14 bits per heavy atom. The van der Waals surface area contributed by atoms with Gasteiger partial charge in [-0.3, -0.25) is 4.68 Å². The van der Waals surface area contributed by atoms with E-state index in [-0.39, 0.29) is 6.54 Å². The number of rotatable bonds is 8. The number of aromatic nitrogens is 4. The van der Waals surface area contributed by atoms with Crippen LogP contribution in [0.4, 0.5) is 0 Å². The van der Waals surface area contributed by atoms with Gasteiger partial charge in [0.25, 0.3) is 0 Å². The van der Waals surface area contributed by atoms with Crippen LogP contribution in [0, 0.1) is 0 Å². The van der Waals surface area contributed by atoms with E-state index < -0.39 is 5.60 Å². The van der Waals surface area contributed by atoms with Crippen molar-refractivity contribution in [2.75, 3.05) is 19.6 Å². The molecule has 0 saturated carbocycles. The summed E-state index contributed by atoms with van der Waals surface area (Å²) in [5.41, 5.74) is 1.85. The normalized spacial score (nSPS) is 13.9. The minimum absolute atomic E-state index is 0.236. The topological polar surface area (TPSA) is 92.3 Å². The Kier molecular flexibility index (Phi) is 6.66. The van der Waals surface area contributed by atoms with Gasteiger partial charge < -0.3 is 15.7 Å². The summed E-state index contributed by atoms with van der Waals surface area (Å²) in [6.07, 6.45) is 8.21. The van der Waals surface area contributed by atoms with Gasteiger partial charge in [0.05, 0.1) is 24.6 Å². The van der Waals surface area contributed by atoms with E-state index in [9.17, 15) is 5.11 Å². The molecular formula is C21H29N7O. The molecule has 0 aliphatic carbocycles. The maximum absolute atomic E-state index is 10.7. The number of hydrogen-bond acceptors (Lipinski definition) is 4. The van der Waals surface area contributed by atoms with Crippen LogP contribution in [0.15, 0.2) is 60.1 Å². The molecule has 29 heavy (non-hydrogen) atoms. The molecule has 3 aromatic rings. The van der Waals surface area contributed by atoms with Gasteiger partial charge in [-0.25, -0.2) is 9.67 Å². The number of para-hydroxylation sites is 1. The van der Waals surface area contributed by atoms with Crippen LogP contribution < -0.4 is 10.6 Å². The first-order valence-corrected chi connectivity index (χ1v) is 9.80. The number of benzene rings is 1. The smallest absolute Gasteiger partial charge is 0.191 e. The van der Waals surface area contributed by atoms with Gasteiger partial charge in [0.2, 0.25) is 0 Å². The third-order valence-electron chi connectivity index (χ3n) is 4.58. The second kappa shape index (κ2) is 9.38. The molecule has 154 valence electrons. The lowest BCUT2D eigenvalue weighted by atomic mass is 10.0. The summed E-state index contributed by atoms with van der Waals surface area (Å²) < 4.78 is 3.55. The molecular weight excluding hydrogens is 366 g/mol. The molecule has 3 N–H and O–H groups in total. The van der Waals surface area contributed by atoms with Crippen molar-refractivity contribution in [1.82, 2.24) is 30.2 Å². The molecule has 0 spiro atoms. The number of nitrogens with zero attached hydrogens (tertiary/aromatic N) is 5. The summed E-state index contributed by atoms with van der Waals surface area (Å²) in [5, 5.41) is 25.8. The molecule has 1 atom stereocenters. The molecule has 0 saturated heterocycles. The number of hydrogen-bond donors (Lipinski definition) is 3. The zero-order chi connectivity index (χ0) is 20.7. The quantitative estimate of drug-likeness (QED) is 0.398. The van der Waals surface area contributed by atoms with Gasteiger partial charge in [0.15, 0.2) is 5.96 Å². The van der Waals surface area contributed by atoms with Crippen LogP contribution >= 0.6 is 0 Å². The van der Waals surface area contributed by atoms with E-state index >= 15 is 0 Å². The van der Waals surface area contributed by atoms with Gasteiger partial charge in [-0.2, -0.15) is 10.2 Å². The highest BCUT2D eigenvalue weighted by Crippen LogP contribution is 2.19. The predicted octanol–water partition coefficient (Wildman–Crippen LogP) is 1.61. The molecule has 2 aromatic heterocycles. The third kappa shape index (κ3) is 5.68. The third-order valence-corrected chi connectivity index (χ3v) is 4.58. The number of nitrogens with one attached hydrogen (secondary N) is 2. The molecule has 1 unspecified atom stereocenters. The fourth-order valence-electron chi connectivity index (χ4n) is 2.90. The summed E-state index contributed by atoms with van der Waals surface area (Å²) in [6.45, 7) is 5.45. The van der Waals surface area contributed by atoms with Gasteiger partial charge in [0.1, 0.15) is 5.60 Å². The predicted molar refractivity (Wildman–Crippen MR) is 114 cm³/mol. The molecule has 0 aliphatic rings. The van der Waals surface area contributed by atoms with Crippen LogP contribution in [0.25, 0.3) is 5.69 Å². The van der Waals surface area contributed by atoms with E-state index in [0.29, 0.717) is 12.5 Å². The number of aliphatic imine (C=N–C) groups is 1. The highest BCUT2D eigenvalue weighted by atomic mass is 16.3. The SMILES string of the molecule is CCNC(=NCC(C)(O)c1cnn(C)c1)NCCc1cnn(-c2ccccc2)c1. The molecule has 1 aromatic carbocycles. The summed E-state index contributed by atoms with van der Waals surface area (Å²) in [7, 11) is 1.83. The molecule has 0 aliphatic heterocycles. The van der Waals surface area contributed by atoms with Crippen molar-refractivity contribution in [1.29, 1.82) is 0 Å². The summed E-state index contributed by atoms with van der Waals surface area (Å²) in [6, 6.07) is 10.0. The first-order valence-electron chi connectivity index (χ1n) is 9.80. The van der Waals surface area contributed by atoms with Crippen molar-refractivity contribution >= 4 is 5.96 Å². The minimum atomic E-state index is -1.08. The van der Waals surface area contributed by atoms with Gasteiger partial charge in [-0.15, -0.1) is 0 Å². The van der Waals surface area contributed by atoms with E-state index in [1.807, 2.05) is 61.4 Å². The average Bonchev–Trinajstić information content (AvgIpc) is 3.36. The van der Waals surface area contributed by atoms with Gasteiger partial charge in [0, 0.05) is 38.1 Å². The van der Waals surface area contributed by atoms with Crippen molar-refractivity contribution in [3.63, 3.8) is 0 Å². The number of guanidine groups is 1. The van der Waals surface area contributed by atoms with Crippen LogP contribution in [0.3, 0.4) is 0 Å². The highest BCUT2D eigenvalue weighted by Gasteiger charge is 2.24. The molecule has 0 amide bonds. The average molecular weight is 396 g/mol. The van der Waals surface area contributed by atoms with Crippen LogP contribution in [0.1, 0.15) is 25.0 Å². The standard InChI is InChI=1S/C21H29N7O/c1-4-22-20(24-16-21(2,29)18-13-25-27(3)15-18)23-11-10-17-12-26-28(14-17)19-8-6-5-7-9-19/h5-9,12-15,29H,4,10-11,16H2,1-3H3,(H2,22,23,24). The molecule has 3 rings (SSSR count). The number of aryl methyl sites for hydroxylation is 1. The molecule has 0 fully saturated rings. The van der Waals surface area contributed by atoms with Crippen molar-refractivity contribution in [3.05, 3.63) is 66.2 Å². The Labute approximate surface area is 171 Å².